The van der Waals surface area contributed by atoms with E-state index in [1.807, 2.05) is 41.3 Å². The minimum atomic E-state index is 0.0765. The number of urea groups is 1. The fourth-order valence-electron chi connectivity index (χ4n) is 5.26. The predicted molar refractivity (Wildman–Crippen MR) is 137 cm³/mol. The molecule has 0 spiro atoms. The van der Waals surface area contributed by atoms with E-state index in [0.717, 1.165) is 52.5 Å². The molecule has 0 radical (unpaired) electrons. The van der Waals surface area contributed by atoms with Crippen LogP contribution in [0.4, 0.5) is 22.1 Å². The van der Waals surface area contributed by atoms with Gasteiger partial charge in [0.05, 0.1) is 34.0 Å². The molecule has 10 heteroatoms. The van der Waals surface area contributed by atoms with E-state index >= 15 is 0 Å². The quantitative estimate of drug-likeness (QED) is 0.534. The second kappa shape index (κ2) is 9.09. The maximum Gasteiger partial charge on any atom is 0.320 e. The maximum absolute atomic E-state index is 13.1. The van der Waals surface area contributed by atoms with Crippen LogP contribution in [0, 0.1) is 0 Å². The van der Waals surface area contributed by atoms with Gasteiger partial charge in [-0.1, -0.05) is 6.08 Å². The normalized spacial score (nSPS) is 24.2. The molecule has 6 rings (SSSR count). The average molecular weight is 492 g/mol. The Balaban J connectivity index is 1.12. The number of ether oxygens (including phenoxy) is 1. The van der Waals surface area contributed by atoms with E-state index in [9.17, 15) is 4.79 Å². The zero-order valence-electron chi connectivity index (χ0n) is 19.9. The molecular formula is C25H29N7O2S. The largest absolute Gasteiger partial charge is 0.372 e. The first-order valence-electron chi connectivity index (χ1n) is 12.1. The number of benzene rings is 1. The topological polar surface area (TPSA) is 95.5 Å². The van der Waals surface area contributed by atoms with Crippen LogP contribution in [0.2, 0.25) is 0 Å². The molecule has 3 atom stereocenters. The number of nitrogens with zero attached hydrogens (tertiary/aromatic N) is 5. The van der Waals surface area contributed by atoms with E-state index in [-0.39, 0.29) is 24.3 Å². The zero-order valence-corrected chi connectivity index (χ0v) is 20.7. The van der Waals surface area contributed by atoms with Gasteiger partial charge in [0.15, 0.2) is 0 Å². The third-order valence-corrected chi connectivity index (χ3v) is 7.70. The van der Waals surface area contributed by atoms with Crippen molar-refractivity contribution in [1.82, 2.24) is 24.8 Å². The summed E-state index contributed by atoms with van der Waals surface area (Å²) in [5.41, 5.74) is 6.28. The van der Waals surface area contributed by atoms with Gasteiger partial charge in [0.25, 0.3) is 0 Å². The lowest BCUT2D eigenvalue weighted by Gasteiger charge is -2.39. The summed E-state index contributed by atoms with van der Waals surface area (Å²) >= 11 is 1.63. The van der Waals surface area contributed by atoms with Crippen molar-refractivity contribution >= 4 is 44.9 Å². The lowest BCUT2D eigenvalue weighted by atomic mass is 9.97. The monoisotopic (exact) mass is 491 g/mol. The van der Waals surface area contributed by atoms with E-state index < -0.39 is 0 Å². The maximum atomic E-state index is 13.1. The van der Waals surface area contributed by atoms with Gasteiger partial charge in [-0.15, -0.1) is 11.3 Å². The summed E-state index contributed by atoms with van der Waals surface area (Å²) in [6.07, 6.45) is 5.63. The molecule has 0 aliphatic carbocycles. The summed E-state index contributed by atoms with van der Waals surface area (Å²) in [7, 11) is 0. The molecule has 3 aliphatic rings. The summed E-state index contributed by atoms with van der Waals surface area (Å²) in [5.74, 6) is 1.71. The van der Waals surface area contributed by atoms with E-state index in [1.165, 1.54) is 5.57 Å². The van der Waals surface area contributed by atoms with Crippen molar-refractivity contribution in [3.63, 3.8) is 0 Å². The molecule has 2 aromatic heterocycles. The molecule has 1 saturated heterocycles. The third-order valence-electron chi connectivity index (χ3n) is 6.91. The van der Waals surface area contributed by atoms with Gasteiger partial charge in [0.2, 0.25) is 0 Å². The molecule has 0 bridgehead atoms. The third kappa shape index (κ3) is 4.43. The Hall–Kier alpha value is -3.24. The van der Waals surface area contributed by atoms with Gasteiger partial charge < -0.3 is 25.2 Å². The van der Waals surface area contributed by atoms with Crippen molar-refractivity contribution < 1.29 is 9.53 Å². The van der Waals surface area contributed by atoms with Crippen LogP contribution in [0.3, 0.4) is 0 Å². The van der Waals surface area contributed by atoms with E-state index in [4.69, 9.17) is 4.74 Å². The number of fused-ring (bicyclic) bond motifs is 2. The van der Waals surface area contributed by atoms with Crippen molar-refractivity contribution in [3.8, 4) is 0 Å². The molecule has 1 fully saturated rings. The van der Waals surface area contributed by atoms with Gasteiger partial charge in [-0.2, -0.15) is 0 Å². The molecule has 1 unspecified atom stereocenters. The average Bonchev–Trinajstić information content (AvgIpc) is 3.50. The first-order chi connectivity index (χ1) is 17.0. The van der Waals surface area contributed by atoms with Gasteiger partial charge in [-0.05, 0) is 44.0 Å². The fourth-order valence-corrected chi connectivity index (χ4v) is 5.98. The molecule has 9 nitrogen and oxygen atoms in total. The van der Waals surface area contributed by atoms with Crippen LogP contribution in [0.1, 0.15) is 25.8 Å². The molecule has 35 heavy (non-hydrogen) atoms. The number of rotatable bonds is 3. The molecule has 2 amide bonds. The lowest BCUT2D eigenvalue weighted by molar-refractivity contribution is -0.0580. The van der Waals surface area contributed by atoms with Crippen LogP contribution in [-0.2, 0) is 11.2 Å². The predicted octanol–water partition coefficient (Wildman–Crippen LogP) is 4.03. The smallest absolute Gasteiger partial charge is 0.320 e. The minimum Gasteiger partial charge on any atom is -0.372 e. The van der Waals surface area contributed by atoms with Crippen molar-refractivity contribution in [2.45, 2.75) is 44.9 Å². The van der Waals surface area contributed by atoms with Gasteiger partial charge in [-0.3, -0.25) is 0 Å². The summed E-state index contributed by atoms with van der Waals surface area (Å²) in [6, 6.07) is 6.44. The number of amides is 2. The summed E-state index contributed by atoms with van der Waals surface area (Å²) < 4.78 is 6.92. The van der Waals surface area contributed by atoms with Crippen molar-refractivity contribution in [2.75, 3.05) is 36.8 Å². The zero-order chi connectivity index (χ0) is 23.9. The highest BCUT2D eigenvalue weighted by Gasteiger charge is 2.32. The molecule has 3 aromatic rings. The number of thiazole rings is 1. The molecule has 0 saturated carbocycles. The first-order valence-corrected chi connectivity index (χ1v) is 13.0. The SMILES string of the molecule is C[C@@H]1CN(C(=O)N2CC=C(C3Cc4c(Nc5ccc6ncsc6c5)ncnc4N3)CC2)C[C@H](C)O1. The van der Waals surface area contributed by atoms with Crippen molar-refractivity contribution in [2.24, 2.45) is 0 Å². The molecule has 5 heterocycles. The van der Waals surface area contributed by atoms with Gasteiger partial charge in [0.1, 0.15) is 18.0 Å². The summed E-state index contributed by atoms with van der Waals surface area (Å²) in [4.78, 5) is 30.3. The fraction of sp³-hybridized carbons (Fsp3) is 0.440. The second-order valence-corrected chi connectivity index (χ2v) is 10.4. The second-order valence-electron chi connectivity index (χ2n) is 9.53. The Morgan fingerprint density at radius 3 is 2.83 bits per heavy atom. The van der Waals surface area contributed by atoms with Crippen LogP contribution in [0.25, 0.3) is 10.2 Å². The molecular weight excluding hydrogens is 462 g/mol. The van der Waals surface area contributed by atoms with Crippen molar-refractivity contribution in [3.05, 3.63) is 47.2 Å². The standard InChI is InChI=1S/C25H29N7O2S/c1-15-11-32(12-16(2)34-15)25(33)31-7-5-17(6-8-31)21-10-19-23(26-13-27-24(19)30-21)29-18-3-4-20-22(9-18)35-14-28-20/h3-5,9,13-16,21H,6-8,10-12H2,1-2H3,(H2,26,27,29,30)/t15-,16+,21?. The minimum absolute atomic E-state index is 0.0765. The highest BCUT2D eigenvalue weighted by atomic mass is 32.1. The molecule has 182 valence electrons. The number of nitrogens with one attached hydrogen (secondary N) is 2. The summed E-state index contributed by atoms with van der Waals surface area (Å²) in [6.45, 7) is 6.72. The van der Waals surface area contributed by atoms with Crippen LogP contribution in [0.5, 0.6) is 0 Å². The highest BCUT2D eigenvalue weighted by molar-refractivity contribution is 7.16. The van der Waals surface area contributed by atoms with E-state index in [0.29, 0.717) is 19.6 Å². The highest BCUT2D eigenvalue weighted by Crippen LogP contribution is 2.35. The number of morpholine rings is 1. The van der Waals surface area contributed by atoms with E-state index in [2.05, 4.69) is 37.7 Å². The van der Waals surface area contributed by atoms with Gasteiger partial charge in [-0.25, -0.2) is 19.7 Å². The number of carbonyl (C=O) groups excluding carboxylic acids is 1. The van der Waals surface area contributed by atoms with Crippen LogP contribution in [0.15, 0.2) is 41.7 Å². The van der Waals surface area contributed by atoms with Crippen molar-refractivity contribution in [1.29, 1.82) is 0 Å². The van der Waals surface area contributed by atoms with Crippen LogP contribution >= 0.6 is 11.3 Å². The number of hydrogen-bond acceptors (Lipinski definition) is 8. The number of hydrogen-bond donors (Lipinski definition) is 2. The van der Waals surface area contributed by atoms with Gasteiger partial charge >= 0.3 is 6.03 Å². The number of aromatic nitrogens is 3. The van der Waals surface area contributed by atoms with Gasteiger partial charge in [0, 0.05) is 43.9 Å². The Kier molecular flexibility index (Phi) is 5.77. The molecule has 2 N–H and O–H groups in total. The first kappa shape index (κ1) is 22.2. The van der Waals surface area contributed by atoms with Crippen LogP contribution in [-0.4, -0.2) is 75.2 Å². The molecule has 1 aromatic carbocycles. The van der Waals surface area contributed by atoms with Crippen LogP contribution < -0.4 is 10.6 Å². The molecule has 3 aliphatic heterocycles. The van der Waals surface area contributed by atoms with E-state index in [1.54, 1.807) is 17.7 Å². The Morgan fingerprint density at radius 2 is 2.03 bits per heavy atom. The number of carbonyl (C=O) groups is 1. The number of anilines is 3. The Bertz CT molecular complexity index is 1280. The lowest BCUT2D eigenvalue weighted by Crippen LogP contribution is -2.53. The summed E-state index contributed by atoms with van der Waals surface area (Å²) in [5, 5.41) is 7.05. The Labute approximate surface area is 208 Å². The Morgan fingerprint density at radius 1 is 1.17 bits per heavy atom.